The first kappa shape index (κ1) is 14.2. The molecular formula is C14H13NO4S. The summed E-state index contributed by atoms with van der Waals surface area (Å²) >= 11 is 0. The fourth-order valence-corrected chi connectivity index (χ4v) is 3.80. The van der Waals surface area contributed by atoms with Crippen molar-refractivity contribution in [3.05, 3.63) is 63.7 Å². The molecule has 0 aliphatic heterocycles. The predicted molar refractivity (Wildman–Crippen MR) is 74.5 cm³/mol. The number of sulfone groups is 1. The molecule has 0 radical (unpaired) electrons. The lowest BCUT2D eigenvalue weighted by Crippen LogP contribution is -2.06. The van der Waals surface area contributed by atoms with Crippen LogP contribution >= 0.6 is 0 Å². The summed E-state index contributed by atoms with van der Waals surface area (Å²) in [5, 5.41) is 10.6. The van der Waals surface area contributed by atoms with Gasteiger partial charge >= 0.3 is 0 Å². The van der Waals surface area contributed by atoms with E-state index in [1.165, 1.54) is 24.3 Å². The number of aryl methyl sites for hydroxylation is 2. The van der Waals surface area contributed by atoms with Crippen molar-refractivity contribution in [2.75, 3.05) is 0 Å². The van der Waals surface area contributed by atoms with Gasteiger partial charge in [-0.25, -0.2) is 8.42 Å². The summed E-state index contributed by atoms with van der Waals surface area (Å²) in [6, 6.07) is 10.2. The molecule has 2 rings (SSSR count). The van der Waals surface area contributed by atoms with Crippen LogP contribution in [-0.4, -0.2) is 13.3 Å². The van der Waals surface area contributed by atoms with E-state index >= 15 is 0 Å². The van der Waals surface area contributed by atoms with Crippen molar-refractivity contribution in [1.82, 2.24) is 0 Å². The highest BCUT2D eigenvalue weighted by atomic mass is 32.2. The van der Waals surface area contributed by atoms with Crippen molar-refractivity contribution in [3.8, 4) is 0 Å². The van der Waals surface area contributed by atoms with Gasteiger partial charge in [-0.05, 0) is 37.1 Å². The Morgan fingerprint density at radius 3 is 1.90 bits per heavy atom. The maximum Gasteiger partial charge on any atom is 0.269 e. The van der Waals surface area contributed by atoms with Crippen molar-refractivity contribution >= 4 is 15.5 Å². The molecule has 0 spiro atoms. The van der Waals surface area contributed by atoms with E-state index in [0.717, 1.165) is 0 Å². The second-order valence-corrected chi connectivity index (χ2v) is 6.36. The molecule has 2 aromatic rings. The van der Waals surface area contributed by atoms with E-state index in [0.29, 0.717) is 11.1 Å². The van der Waals surface area contributed by atoms with Crippen LogP contribution in [0.25, 0.3) is 0 Å². The maximum absolute atomic E-state index is 12.6. The maximum atomic E-state index is 12.6. The monoisotopic (exact) mass is 291 g/mol. The molecule has 0 N–H and O–H groups in total. The largest absolute Gasteiger partial charge is 0.269 e. The van der Waals surface area contributed by atoms with Crippen molar-refractivity contribution in [2.45, 2.75) is 23.6 Å². The molecule has 0 saturated heterocycles. The standard InChI is InChI=1S/C14H13NO4S/c1-10-4-3-5-11(2)14(10)20(18,19)13-8-6-12(7-9-13)15(16)17/h3-9H,1-2H3. The molecule has 104 valence electrons. The van der Waals surface area contributed by atoms with Crippen molar-refractivity contribution in [3.63, 3.8) is 0 Å². The number of benzene rings is 2. The predicted octanol–water partition coefficient (Wildman–Crippen LogP) is 3.04. The first-order chi connectivity index (χ1) is 9.34. The van der Waals surface area contributed by atoms with E-state index in [9.17, 15) is 18.5 Å². The van der Waals surface area contributed by atoms with Gasteiger partial charge < -0.3 is 0 Å². The third-order valence-electron chi connectivity index (χ3n) is 3.04. The van der Waals surface area contributed by atoms with Crippen molar-refractivity contribution in [1.29, 1.82) is 0 Å². The lowest BCUT2D eigenvalue weighted by Gasteiger charge is -2.10. The number of rotatable bonds is 3. The van der Waals surface area contributed by atoms with Gasteiger partial charge in [0, 0.05) is 12.1 Å². The molecule has 0 heterocycles. The third kappa shape index (κ3) is 2.42. The van der Waals surface area contributed by atoms with E-state index in [4.69, 9.17) is 0 Å². The highest BCUT2D eigenvalue weighted by Gasteiger charge is 2.22. The van der Waals surface area contributed by atoms with Gasteiger partial charge in [-0.15, -0.1) is 0 Å². The molecule has 2 aromatic carbocycles. The summed E-state index contributed by atoms with van der Waals surface area (Å²) in [5.74, 6) is 0. The molecular weight excluding hydrogens is 278 g/mol. The Morgan fingerprint density at radius 2 is 1.45 bits per heavy atom. The first-order valence-electron chi connectivity index (χ1n) is 5.90. The zero-order valence-electron chi connectivity index (χ0n) is 11.0. The Balaban J connectivity index is 2.58. The highest BCUT2D eigenvalue weighted by Crippen LogP contribution is 2.27. The van der Waals surface area contributed by atoms with Gasteiger partial charge in [0.05, 0.1) is 14.7 Å². The SMILES string of the molecule is Cc1cccc(C)c1S(=O)(=O)c1ccc([N+](=O)[O-])cc1. The van der Waals surface area contributed by atoms with E-state index in [-0.39, 0.29) is 15.5 Å². The van der Waals surface area contributed by atoms with E-state index in [1.807, 2.05) is 0 Å². The van der Waals surface area contributed by atoms with Crippen LogP contribution in [0.4, 0.5) is 5.69 Å². The first-order valence-corrected chi connectivity index (χ1v) is 7.38. The number of hydrogen-bond acceptors (Lipinski definition) is 4. The average Bonchev–Trinajstić information content (AvgIpc) is 2.38. The minimum Gasteiger partial charge on any atom is -0.258 e. The molecule has 0 fully saturated rings. The third-order valence-corrected chi connectivity index (χ3v) is 5.11. The quantitative estimate of drug-likeness (QED) is 0.643. The second kappa shape index (κ2) is 5.05. The van der Waals surface area contributed by atoms with Crippen LogP contribution in [0.1, 0.15) is 11.1 Å². The molecule has 0 amide bonds. The van der Waals surface area contributed by atoms with Gasteiger partial charge in [0.1, 0.15) is 0 Å². The zero-order valence-corrected chi connectivity index (χ0v) is 11.8. The van der Waals surface area contributed by atoms with E-state index < -0.39 is 14.8 Å². The Labute approximate surface area is 116 Å². The number of nitrogens with zero attached hydrogens (tertiary/aromatic N) is 1. The lowest BCUT2D eigenvalue weighted by atomic mass is 10.2. The minimum absolute atomic E-state index is 0.0560. The van der Waals surface area contributed by atoms with Crippen LogP contribution in [-0.2, 0) is 9.84 Å². The summed E-state index contributed by atoms with van der Waals surface area (Å²) in [6.45, 7) is 3.45. The molecule has 5 nitrogen and oxygen atoms in total. The Kier molecular flexibility index (Phi) is 3.59. The second-order valence-electron chi connectivity index (χ2n) is 4.48. The summed E-state index contributed by atoms with van der Waals surface area (Å²) in [4.78, 5) is 10.4. The smallest absolute Gasteiger partial charge is 0.258 e. The minimum atomic E-state index is -3.67. The fourth-order valence-electron chi connectivity index (χ4n) is 2.09. The molecule has 0 atom stereocenters. The van der Waals surface area contributed by atoms with Gasteiger partial charge in [-0.2, -0.15) is 0 Å². The molecule has 0 aliphatic rings. The van der Waals surface area contributed by atoms with Crippen LogP contribution in [0.5, 0.6) is 0 Å². The van der Waals surface area contributed by atoms with Gasteiger partial charge in [0.25, 0.3) is 5.69 Å². The van der Waals surface area contributed by atoms with Gasteiger partial charge in [0.15, 0.2) is 0 Å². The van der Waals surface area contributed by atoms with E-state index in [1.54, 1.807) is 32.0 Å². The fraction of sp³-hybridized carbons (Fsp3) is 0.143. The van der Waals surface area contributed by atoms with Crippen LogP contribution in [0.2, 0.25) is 0 Å². The Morgan fingerprint density at radius 1 is 0.950 bits per heavy atom. The molecule has 0 aromatic heterocycles. The van der Waals surface area contributed by atoms with Crippen LogP contribution in [0, 0.1) is 24.0 Å². The molecule has 0 unspecified atom stereocenters. The summed E-state index contributed by atoms with van der Waals surface area (Å²) in [7, 11) is -3.67. The van der Waals surface area contributed by atoms with Crippen LogP contribution in [0.15, 0.2) is 52.3 Å². The van der Waals surface area contributed by atoms with Gasteiger partial charge in [-0.1, -0.05) is 18.2 Å². The topological polar surface area (TPSA) is 77.3 Å². The van der Waals surface area contributed by atoms with E-state index in [2.05, 4.69) is 0 Å². The zero-order chi connectivity index (χ0) is 14.9. The number of nitro groups is 1. The Bertz CT molecular complexity index is 744. The molecule has 6 heteroatoms. The van der Waals surface area contributed by atoms with Crippen molar-refractivity contribution in [2.24, 2.45) is 0 Å². The molecule has 0 aliphatic carbocycles. The summed E-state index contributed by atoms with van der Waals surface area (Å²) in [6.07, 6.45) is 0. The van der Waals surface area contributed by atoms with Crippen LogP contribution < -0.4 is 0 Å². The van der Waals surface area contributed by atoms with Crippen molar-refractivity contribution < 1.29 is 13.3 Å². The lowest BCUT2D eigenvalue weighted by molar-refractivity contribution is -0.384. The molecule has 0 bridgehead atoms. The number of nitro benzene ring substituents is 1. The average molecular weight is 291 g/mol. The highest BCUT2D eigenvalue weighted by molar-refractivity contribution is 7.91. The summed E-state index contributed by atoms with van der Waals surface area (Å²) < 4.78 is 25.2. The Hall–Kier alpha value is -2.21. The molecule has 0 saturated carbocycles. The van der Waals surface area contributed by atoms with Gasteiger partial charge in [0.2, 0.25) is 9.84 Å². The normalized spacial score (nSPS) is 11.3. The van der Waals surface area contributed by atoms with Crippen LogP contribution in [0.3, 0.4) is 0 Å². The molecule has 20 heavy (non-hydrogen) atoms. The number of hydrogen-bond donors (Lipinski definition) is 0. The van der Waals surface area contributed by atoms with Gasteiger partial charge in [-0.3, -0.25) is 10.1 Å². The number of non-ortho nitro benzene ring substituents is 1. The summed E-state index contributed by atoms with van der Waals surface area (Å²) in [5.41, 5.74) is 1.18.